The zero-order valence-corrected chi connectivity index (χ0v) is 19.9. The minimum absolute atomic E-state index is 0.0604. The van der Waals surface area contributed by atoms with E-state index in [2.05, 4.69) is 15.4 Å². The number of hydrogen-bond donors (Lipinski definition) is 4. The molecule has 0 saturated heterocycles. The highest BCUT2D eigenvalue weighted by Gasteiger charge is 2.38. The summed E-state index contributed by atoms with van der Waals surface area (Å²) < 4.78 is 36.3. The molecular weight excluding hydrogens is 493 g/mol. The summed E-state index contributed by atoms with van der Waals surface area (Å²) in [6.45, 7) is 4.33. The summed E-state index contributed by atoms with van der Waals surface area (Å²) in [4.78, 5) is 45.9. The van der Waals surface area contributed by atoms with Gasteiger partial charge in [0.2, 0.25) is 0 Å². The predicted molar refractivity (Wildman–Crippen MR) is 120 cm³/mol. The summed E-state index contributed by atoms with van der Waals surface area (Å²) in [5.74, 6) is -3.57. The number of halogens is 3. The number of aromatic hydroxyl groups is 1. The zero-order chi connectivity index (χ0) is 26.8. The third-order valence-electron chi connectivity index (χ3n) is 4.26. The topological polar surface area (TPSA) is 142 Å². The predicted octanol–water partition coefficient (Wildman–Crippen LogP) is 3.43. The van der Waals surface area contributed by atoms with Crippen LogP contribution in [0.5, 0.6) is 5.75 Å². The molecule has 9 nitrogen and oxygen atoms in total. The first-order valence-corrected chi connectivity index (χ1v) is 10.9. The second-order valence-corrected chi connectivity index (χ2v) is 8.34. The molecule has 1 aromatic carbocycles. The van der Waals surface area contributed by atoms with E-state index in [4.69, 9.17) is 9.90 Å². The number of thiophene rings is 1. The van der Waals surface area contributed by atoms with Crippen LogP contribution in [0.25, 0.3) is 0 Å². The minimum atomic E-state index is -5.08. The molecule has 2 rings (SSSR count). The Morgan fingerprint density at radius 1 is 1.09 bits per heavy atom. The average molecular weight is 519 g/mol. The number of carbonyl (C=O) groups excluding carboxylic acids is 3. The molecular formula is C22H25F3N2O7S. The Morgan fingerprint density at radius 2 is 1.71 bits per heavy atom. The number of ether oxygens (including phenoxy) is 1. The lowest BCUT2D eigenvalue weighted by Crippen LogP contribution is -2.26. The maximum absolute atomic E-state index is 12.5. The van der Waals surface area contributed by atoms with E-state index in [0.717, 1.165) is 22.5 Å². The number of esters is 1. The first-order chi connectivity index (χ1) is 16.3. The number of alkyl halides is 3. The molecule has 0 fully saturated rings. The molecule has 2 aromatic rings. The van der Waals surface area contributed by atoms with Crippen LogP contribution in [0.15, 0.2) is 30.3 Å². The van der Waals surface area contributed by atoms with Crippen LogP contribution in [-0.4, -0.2) is 53.8 Å². The Hall–Kier alpha value is -3.61. The highest BCUT2D eigenvalue weighted by atomic mass is 32.1. The van der Waals surface area contributed by atoms with E-state index in [-0.39, 0.29) is 43.0 Å². The monoisotopic (exact) mass is 518 g/mol. The van der Waals surface area contributed by atoms with Crippen LogP contribution in [0.1, 0.15) is 56.7 Å². The largest absolute Gasteiger partial charge is 0.508 e. The Labute approximate surface area is 202 Å². The number of amides is 2. The molecule has 0 radical (unpaired) electrons. The van der Waals surface area contributed by atoms with Gasteiger partial charge in [-0.05, 0) is 35.2 Å². The Kier molecular flexibility index (Phi) is 11.2. The van der Waals surface area contributed by atoms with Gasteiger partial charge in [0.25, 0.3) is 11.8 Å². The van der Waals surface area contributed by atoms with Crippen molar-refractivity contribution in [2.24, 2.45) is 0 Å². The van der Waals surface area contributed by atoms with Gasteiger partial charge in [-0.2, -0.15) is 13.2 Å². The van der Waals surface area contributed by atoms with E-state index >= 15 is 0 Å². The van der Waals surface area contributed by atoms with Gasteiger partial charge < -0.3 is 25.6 Å². The SMILES string of the molecule is COC(=O)CCNC(=O)c1sc(C(=O)NCc2cccc(O)c2)cc1C(C)C.O=C(O)C(F)(F)F. The summed E-state index contributed by atoms with van der Waals surface area (Å²) in [6, 6.07) is 8.37. The summed E-state index contributed by atoms with van der Waals surface area (Å²) in [5, 5.41) is 22.1. The van der Waals surface area contributed by atoms with E-state index in [1.807, 2.05) is 13.8 Å². The maximum atomic E-state index is 12.5. The number of carboxylic acid groups (broad SMARTS) is 1. The molecule has 35 heavy (non-hydrogen) atoms. The van der Waals surface area contributed by atoms with Crippen molar-refractivity contribution < 1.29 is 47.3 Å². The molecule has 1 heterocycles. The molecule has 4 N–H and O–H groups in total. The maximum Gasteiger partial charge on any atom is 0.490 e. The van der Waals surface area contributed by atoms with Crippen molar-refractivity contribution >= 4 is 35.1 Å². The molecule has 0 aliphatic rings. The number of methoxy groups -OCH3 is 1. The Bertz CT molecular complexity index is 1050. The number of carbonyl (C=O) groups is 4. The molecule has 1 aromatic heterocycles. The molecule has 2 amide bonds. The first-order valence-electron chi connectivity index (χ1n) is 10.1. The van der Waals surface area contributed by atoms with Crippen LogP contribution >= 0.6 is 11.3 Å². The standard InChI is InChI=1S/C20H24N2O5S.C2HF3O2/c1-12(2)15-10-16(19(25)22-11-13-5-4-6-14(23)9-13)28-18(15)20(26)21-8-7-17(24)27-3;3-2(4,5)1(6)7/h4-6,9-10,12,23H,7-8,11H2,1-3H3,(H,21,26)(H,22,25);(H,6,7). The molecule has 0 spiro atoms. The highest BCUT2D eigenvalue weighted by Crippen LogP contribution is 2.29. The number of aliphatic carboxylic acids is 1. The lowest BCUT2D eigenvalue weighted by Gasteiger charge is -2.07. The molecule has 0 atom stereocenters. The van der Waals surface area contributed by atoms with E-state index in [9.17, 15) is 32.7 Å². The number of rotatable bonds is 8. The third kappa shape index (κ3) is 10.0. The van der Waals surface area contributed by atoms with Gasteiger partial charge in [-0.3, -0.25) is 14.4 Å². The van der Waals surface area contributed by atoms with Gasteiger partial charge in [-0.15, -0.1) is 11.3 Å². The van der Waals surface area contributed by atoms with Gasteiger partial charge in [-0.25, -0.2) is 4.79 Å². The minimum Gasteiger partial charge on any atom is -0.508 e. The summed E-state index contributed by atoms with van der Waals surface area (Å²) >= 11 is 1.12. The van der Waals surface area contributed by atoms with Crippen LogP contribution in [0, 0.1) is 0 Å². The van der Waals surface area contributed by atoms with E-state index in [1.165, 1.54) is 7.11 Å². The van der Waals surface area contributed by atoms with Gasteiger partial charge in [0, 0.05) is 13.1 Å². The Balaban J connectivity index is 0.000000762. The van der Waals surface area contributed by atoms with Crippen molar-refractivity contribution in [3.63, 3.8) is 0 Å². The normalized spacial score (nSPS) is 10.7. The lowest BCUT2D eigenvalue weighted by atomic mass is 10.0. The number of nitrogens with one attached hydrogen (secondary N) is 2. The molecule has 0 bridgehead atoms. The zero-order valence-electron chi connectivity index (χ0n) is 19.1. The molecule has 0 aliphatic carbocycles. The van der Waals surface area contributed by atoms with E-state index < -0.39 is 18.1 Å². The van der Waals surface area contributed by atoms with Crippen molar-refractivity contribution in [3.8, 4) is 5.75 Å². The number of phenolic OH excluding ortho intramolecular Hbond substituents is 1. The van der Waals surface area contributed by atoms with Crippen LogP contribution < -0.4 is 10.6 Å². The second-order valence-electron chi connectivity index (χ2n) is 7.29. The van der Waals surface area contributed by atoms with Crippen LogP contribution in [0.4, 0.5) is 13.2 Å². The quantitative estimate of drug-likeness (QED) is 0.392. The van der Waals surface area contributed by atoms with Gasteiger partial charge in [0.15, 0.2) is 0 Å². The van der Waals surface area contributed by atoms with Crippen LogP contribution in [0.2, 0.25) is 0 Å². The molecule has 13 heteroatoms. The summed E-state index contributed by atoms with van der Waals surface area (Å²) in [5.41, 5.74) is 1.55. The summed E-state index contributed by atoms with van der Waals surface area (Å²) in [6.07, 6.45) is -5.00. The molecule has 0 saturated carbocycles. The van der Waals surface area contributed by atoms with Gasteiger partial charge >= 0.3 is 18.1 Å². The number of hydrogen-bond acceptors (Lipinski definition) is 7. The van der Waals surface area contributed by atoms with Crippen molar-refractivity contribution in [2.75, 3.05) is 13.7 Å². The molecule has 0 aliphatic heterocycles. The van der Waals surface area contributed by atoms with Crippen molar-refractivity contribution in [1.82, 2.24) is 10.6 Å². The van der Waals surface area contributed by atoms with Crippen LogP contribution in [0.3, 0.4) is 0 Å². The molecule has 0 unspecified atom stereocenters. The molecule has 192 valence electrons. The lowest BCUT2D eigenvalue weighted by molar-refractivity contribution is -0.192. The van der Waals surface area contributed by atoms with Gasteiger partial charge in [0.1, 0.15) is 5.75 Å². The van der Waals surface area contributed by atoms with Gasteiger partial charge in [-0.1, -0.05) is 26.0 Å². The van der Waals surface area contributed by atoms with E-state index in [1.54, 1.807) is 30.3 Å². The fraction of sp³-hybridized carbons (Fsp3) is 0.364. The van der Waals surface area contributed by atoms with Crippen LogP contribution in [-0.2, 0) is 20.9 Å². The smallest absolute Gasteiger partial charge is 0.490 e. The summed E-state index contributed by atoms with van der Waals surface area (Å²) in [7, 11) is 1.29. The van der Waals surface area contributed by atoms with E-state index in [0.29, 0.717) is 9.75 Å². The number of carboxylic acids is 1. The fourth-order valence-electron chi connectivity index (χ4n) is 2.52. The highest BCUT2D eigenvalue weighted by molar-refractivity contribution is 7.16. The fourth-order valence-corrected chi connectivity index (χ4v) is 3.67. The third-order valence-corrected chi connectivity index (χ3v) is 5.41. The first kappa shape index (κ1) is 29.4. The van der Waals surface area contributed by atoms with Gasteiger partial charge in [0.05, 0.1) is 23.3 Å². The average Bonchev–Trinajstić information content (AvgIpc) is 3.23. The number of phenols is 1. The number of benzene rings is 1. The van der Waals surface area contributed by atoms with Crippen molar-refractivity contribution in [2.45, 2.75) is 38.9 Å². The second kappa shape index (κ2) is 13.3. The Morgan fingerprint density at radius 3 is 2.23 bits per heavy atom. The van der Waals surface area contributed by atoms with Crippen molar-refractivity contribution in [1.29, 1.82) is 0 Å². The van der Waals surface area contributed by atoms with Crippen molar-refractivity contribution in [3.05, 3.63) is 51.2 Å².